The highest BCUT2D eigenvalue weighted by Crippen LogP contribution is 2.44. The molecule has 0 unspecified atom stereocenters. The van der Waals surface area contributed by atoms with E-state index in [9.17, 15) is 31.7 Å². The predicted octanol–water partition coefficient (Wildman–Crippen LogP) is 2.96. The first-order valence-electron chi connectivity index (χ1n) is 3.77. The third-order valence-electron chi connectivity index (χ3n) is 1.76. The van der Waals surface area contributed by atoms with Crippen LogP contribution < -0.4 is 21.0 Å². The normalized spacial score (nSPS) is 9.37. The van der Waals surface area contributed by atoms with E-state index in [1.165, 1.54) is 0 Å². The van der Waals surface area contributed by atoms with Gasteiger partial charge in [0.15, 0.2) is 11.6 Å². The lowest BCUT2D eigenvalue weighted by atomic mass is 10.1. The quantitative estimate of drug-likeness (QED) is 0.859. The monoisotopic (exact) mass is 295 g/mol. The standard InChI is InChI=1S/C7F6O5.H3N/c8-2-1(7(14)18-13)3(9)5(16-11)6(17-12)4(2)15-10;/h;1H3. The summed E-state index contributed by atoms with van der Waals surface area (Å²) in [6.45, 7) is 0. The summed E-state index contributed by atoms with van der Waals surface area (Å²) in [5.74, 6) is -12.3. The zero-order valence-corrected chi connectivity index (χ0v) is 8.52. The first-order valence-corrected chi connectivity index (χ1v) is 3.77. The maximum Gasteiger partial charge on any atom is 0.385 e. The summed E-state index contributed by atoms with van der Waals surface area (Å²) in [6, 6.07) is 0. The fraction of sp³-hybridized carbons (Fsp3) is 0. The van der Waals surface area contributed by atoms with Gasteiger partial charge in [-0.05, 0) is 0 Å². The fourth-order valence-corrected chi connectivity index (χ4v) is 1.05. The Bertz CT molecular complexity index is 453. The highest BCUT2D eigenvalue weighted by Gasteiger charge is 2.35. The summed E-state index contributed by atoms with van der Waals surface area (Å²) in [7, 11) is 0. The molecule has 0 fully saturated rings. The molecule has 1 rings (SSSR count). The minimum atomic E-state index is -2.30. The van der Waals surface area contributed by atoms with Crippen molar-refractivity contribution in [1.82, 2.24) is 6.15 Å². The fourth-order valence-electron chi connectivity index (χ4n) is 1.05. The van der Waals surface area contributed by atoms with Gasteiger partial charge in [0.1, 0.15) is 5.56 Å². The van der Waals surface area contributed by atoms with Crippen molar-refractivity contribution in [2.75, 3.05) is 0 Å². The molecule has 0 aromatic heterocycles. The topological polar surface area (TPSA) is 89.0 Å². The molecule has 0 aliphatic rings. The number of hydrogen-bond acceptors (Lipinski definition) is 6. The number of benzene rings is 1. The Morgan fingerprint density at radius 3 is 1.42 bits per heavy atom. The highest BCUT2D eigenvalue weighted by atomic mass is 19.3. The van der Waals surface area contributed by atoms with Crippen LogP contribution in [0.2, 0.25) is 0 Å². The number of halogens is 6. The largest absolute Gasteiger partial charge is 0.385 e. The average molecular weight is 295 g/mol. The van der Waals surface area contributed by atoms with E-state index in [2.05, 4.69) is 19.8 Å². The van der Waals surface area contributed by atoms with Gasteiger partial charge in [0.2, 0.25) is 0 Å². The molecule has 0 bridgehead atoms. The van der Waals surface area contributed by atoms with Crippen LogP contribution in [0.1, 0.15) is 10.4 Å². The molecule has 0 heterocycles. The van der Waals surface area contributed by atoms with Crippen LogP contribution >= 0.6 is 0 Å². The lowest BCUT2D eigenvalue weighted by Gasteiger charge is -2.08. The molecule has 19 heavy (non-hydrogen) atoms. The van der Waals surface area contributed by atoms with Gasteiger partial charge < -0.3 is 6.15 Å². The molecule has 1 aromatic rings. The van der Waals surface area contributed by atoms with Crippen LogP contribution in [-0.4, -0.2) is 5.97 Å². The summed E-state index contributed by atoms with van der Waals surface area (Å²) >= 11 is 0. The molecule has 0 aliphatic heterocycles. The van der Waals surface area contributed by atoms with Crippen molar-refractivity contribution in [1.29, 1.82) is 0 Å². The van der Waals surface area contributed by atoms with Crippen molar-refractivity contribution >= 4 is 5.97 Å². The molecule has 108 valence electrons. The average Bonchev–Trinajstić information content (AvgIpc) is 2.37. The van der Waals surface area contributed by atoms with Gasteiger partial charge in [-0.3, -0.25) is 14.8 Å². The van der Waals surface area contributed by atoms with E-state index in [0.717, 1.165) is 0 Å². The maximum absolute atomic E-state index is 13.2. The molecule has 0 amide bonds. The summed E-state index contributed by atoms with van der Waals surface area (Å²) < 4.78 is 73.7. The van der Waals surface area contributed by atoms with Gasteiger partial charge in [-0.1, -0.05) is 0 Å². The summed E-state index contributed by atoms with van der Waals surface area (Å²) in [4.78, 5) is 21.2. The smallest absolute Gasteiger partial charge is 0.344 e. The molecule has 0 radical (unpaired) electrons. The Labute approximate surface area is 99.1 Å². The van der Waals surface area contributed by atoms with Gasteiger partial charge in [-0.25, -0.2) is 18.5 Å². The molecule has 12 heteroatoms. The van der Waals surface area contributed by atoms with Crippen molar-refractivity contribution < 1.29 is 51.4 Å². The van der Waals surface area contributed by atoms with Gasteiger partial charge in [0.25, 0.3) is 17.2 Å². The Hall–Kier alpha value is -2.37. The van der Waals surface area contributed by atoms with E-state index in [0.29, 0.717) is 0 Å². The number of carbonyl (C=O) groups is 1. The zero-order valence-electron chi connectivity index (χ0n) is 8.52. The van der Waals surface area contributed by atoms with Crippen LogP contribution in [0.5, 0.6) is 17.2 Å². The molecule has 1 aromatic carbocycles. The van der Waals surface area contributed by atoms with E-state index in [-0.39, 0.29) is 6.15 Å². The van der Waals surface area contributed by atoms with Crippen molar-refractivity contribution in [2.45, 2.75) is 0 Å². The van der Waals surface area contributed by atoms with Gasteiger partial charge >= 0.3 is 5.97 Å². The Morgan fingerprint density at radius 2 is 1.16 bits per heavy atom. The highest BCUT2D eigenvalue weighted by molar-refractivity contribution is 5.91. The van der Waals surface area contributed by atoms with Crippen molar-refractivity contribution in [2.24, 2.45) is 0 Å². The van der Waals surface area contributed by atoms with Gasteiger partial charge in [0, 0.05) is 18.1 Å². The predicted molar refractivity (Wildman–Crippen MR) is 43.1 cm³/mol. The van der Waals surface area contributed by atoms with Crippen molar-refractivity contribution in [3.8, 4) is 17.2 Å². The SMILES string of the molecule is N.O=C(OF)c1c(F)c(OF)c(OF)c(OF)c1F. The van der Waals surface area contributed by atoms with Crippen LogP contribution in [0.3, 0.4) is 0 Å². The van der Waals surface area contributed by atoms with Crippen LogP contribution in [-0.2, 0) is 4.94 Å². The maximum atomic E-state index is 13.2. The van der Waals surface area contributed by atoms with E-state index < -0.39 is 40.4 Å². The van der Waals surface area contributed by atoms with Gasteiger partial charge in [-0.2, -0.15) is 0 Å². The van der Waals surface area contributed by atoms with Crippen LogP contribution in [0.4, 0.5) is 26.9 Å². The van der Waals surface area contributed by atoms with E-state index in [1.54, 1.807) is 0 Å². The van der Waals surface area contributed by atoms with Crippen molar-refractivity contribution in [3.63, 3.8) is 0 Å². The molecule has 0 aliphatic carbocycles. The molecule has 0 saturated heterocycles. The van der Waals surface area contributed by atoms with Crippen LogP contribution in [0.25, 0.3) is 0 Å². The lowest BCUT2D eigenvalue weighted by Crippen LogP contribution is -2.09. The van der Waals surface area contributed by atoms with E-state index >= 15 is 0 Å². The molecular formula is C7H3F6NO5. The van der Waals surface area contributed by atoms with Crippen molar-refractivity contribution in [3.05, 3.63) is 17.2 Å². The first kappa shape index (κ1) is 16.6. The minimum absolute atomic E-state index is 0. The molecule has 0 atom stereocenters. The second kappa shape index (κ2) is 6.53. The summed E-state index contributed by atoms with van der Waals surface area (Å²) in [5.41, 5.74) is -1.92. The minimum Gasteiger partial charge on any atom is -0.344 e. The van der Waals surface area contributed by atoms with E-state index in [1.807, 2.05) is 0 Å². The molecule has 0 spiro atoms. The third kappa shape index (κ3) is 2.57. The second-order valence-electron chi connectivity index (χ2n) is 2.59. The summed E-state index contributed by atoms with van der Waals surface area (Å²) in [6.07, 6.45) is 0. The Balaban J connectivity index is 0.00000324. The molecule has 6 nitrogen and oxygen atoms in total. The number of rotatable bonds is 4. The van der Waals surface area contributed by atoms with Crippen LogP contribution in [0.15, 0.2) is 0 Å². The van der Waals surface area contributed by atoms with Gasteiger partial charge in [0.05, 0.1) is 0 Å². The summed E-state index contributed by atoms with van der Waals surface area (Å²) in [5, 5.41) is 0. The van der Waals surface area contributed by atoms with Gasteiger partial charge in [-0.15, -0.1) is 0 Å². The zero-order chi connectivity index (χ0) is 13.9. The van der Waals surface area contributed by atoms with Crippen LogP contribution in [0, 0.1) is 11.6 Å². The molecule has 0 saturated carbocycles. The lowest BCUT2D eigenvalue weighted by molar-refractivity contribution is -0.0809. The van der Waals surface area contributed by atoms with E-state index in [4.69, 9.17) is 0 Å². The molecular weight excluding hydrogens is 292 g/mol. The Morgan fingerprint density at radius 1 is 0.789 bits per heavy atom. The third-order valence-corrected chi connectivity index (χ3v) is 1.76. The molecule has 3 N–H and O–H groups in total. The Kier molecular flexibility index (Phi) is 5.72. The second-order valence-corrected chi connectivity index (χ2v) is 2.59. The number of hydrogen-bond donors (Lipinski definition) is 1. The number of carbonyl (C=O) groups excluding carboxylic acids is 1. The first-order chi connectivity index (χ1) is 8.53.